The molecule has 1 fully saturated rings. The lowest BCUT2D eigenvalue weighted by molar-refractivity contribution is -0.179. The molecule has 0 unspecified atom stereocenters. The van der Waals surface area contributed by atoms with Crippen molar-refractivity contribution in [3.63, 3.8) is 0 Å². The van der Waals surface area contributed by atoms with Crippen molar-refractivity contribution in [1.29, 1.82) is 0 Å². The molecule has 1 aromatic carbocycles. The molecule has 1 aliphatic heterocycles. The van der Waals surface area contributed by atoms with E-state index in [9.17, 15) is 22.4 Å². The number of carbonyl (C=O) groups is 1. The number of alkyl halides is 3. The smallest absolute Gasteiger partial charge is 0.369 e. The predicted molar refractivity (Wildman–Crippen MR) is 105 cm³/mol. The Hall–Kier alpha value is -2.75. The molecule has 0 bridgehead atoms. The van der Waals surface area contributed by atoms with Crippen LogP contribution in [0.2, 0.25) is 0 Å². The Bertz CT molecular complexity index is 884. The van der Waals surface area contributed by atoms with E-state index in [-0.39, 0.29) is 36.7 Å². The Morgan fingerprint density at radius 2 is 1.93 bits per heavy atom. The average molecular weight is 426 g/mol. The largest absolute Gasteiger partial charge is 0.391 e. The number of nitrogens with zero attached hydrogens (tertiary/aromatic N) is 2. The van der Waals surface area contributed by atoms with Gasteiger partial charge in [-0.05, 0) is 55.4 Å². The van der Waals surface area contributed by atoms with Gasteiger partial charge < -0.3 is 10.2 Å². The molecule has 2 N–H and O–H groups in total. The normalized spacial score (nSPS) is 15.1. The first-order valence-corrected chi connectivity index (χ1v) is 9.28. The van der Waals surface area contributed by atoms with Crippen molar-refractivity contribution in [2.45, 2.75) is 19.0 Å². The van der Waals surface area contributed by atoms with Crippen LogP contribution in [0.25, 0.3) is 0 Å². The number of amides is 1. The van der Waals surface area contributed by atoms with E-state index in [0.29, 0.717) is 11.3 Å². The summed E-state index contributed by atoms with van der Waals surface area (Å²) >= 11 is 5.06. The van der Waals surface area contributed by atoms with Crippen molar-refractivity contribution < 1.29 is 22.4 Å². The van der Waals surface area contributed by atoms with Gasteiger partial charge in [0.15, 0.2) is 5.11 Å². The number of rotatable bonds is 3. The fourth-order valence-corrected chi connectivity index (χ4v) is 3.33. The molecule has 1 amide bonds. The van der Waals surface area contributed by atoms with Crippen LogP contribution in [0, 0.1) is 11.7 Å². The van der Waals surface area contributed by atoms with Crippen molar-refractivity contribution in [1.82, 2.24) is 10.3 Å². The molecule has 1 aliphatic rings. The SMILES string of the molecule is O=C(NC(=S)Nc1ccc(N2CCC(C(F)(F)F)CC2)c(F)c1)c1cccnc1. The quantitative estimate of drug-likeness (QED) is 0.571. The molecule has 29 heavy (non-hydrogen) atoms. The molecular weight excluding hydrogens is 408 g/mol. The van der Waals surface area contributed by atoms with Gasteiger partial charge in [0, 0.05) is 31.2 Å². The van der Waals surface area contributed by atoms with Gasteiger partial charge in [-0.25, -0.2) is 4.39 Å². The number of anilines is 2. The van der Waals surface area contributed by atoms with Gasteiger partial charge in [-0.15, -0.1) is 0 Å². The third-order valence-corrected chi connectivity index (χ3v) is 4.86. The van der Waals surface area contributed by atoms with Crippen molar-refractivity contribution in [3.8, 4) is 0 Å². The summed E-state index contributed by atoms with van der Waals surface area (Å²) in [5.74, 6) is -2.38. The van der Waals surface area contributed by atoms with E-state index in [4.69, 9.17) is 12.2 Å². The molecule has 3 rings (SSSR count). The van der Waals surface area contributed by atoms with E-state index >= 15 is 0 Å². The van der Waals surface area contributed by atoms with Crippen molar-refractivity contribution in [2.75, 3.05) is 23.3 Å². The maximum atomic E-state index is 14.5. The lowest BCUT2D eigenvalue weighted by atomic mass is 9.96. The highest BCUT2D eigenvalue weighted by molar-refractivity contribution is 7.80. The van der Waals surface area contributed by atoms with E-state index in [1.807, 2.05) is 0 Å². The van der Waals surface area contributed by atoms with Crippen LogP contribution in [0.3, 0.4) is 0 Å². The molecule has 0 atom stereocenters. The number of hydrogen-bond acceptors (Lipinski definition) is 4. The summed E-state index contributed by atoms with van der Waals surface area (Å²) in [5, 5.41) is 5.16. The van der Waals surface area contributed by atoms with Crippen LogP contribution < -0.4 is 15.5 Å². The Labute approximate surface area is 170 Å². The molecule has 10 heteroatoms. The van der Waals surface area contributed by atoms with Gasteiger partial charge in [0.25, 0.3) is 5.91 Å². The molecule has 0 saturated carbocycles. The second kappa shape index (κ2) is 8.73. The van der Waals surface area contributed by atoms with Crippen LogP contribution in [0.15, 0.2) is 42.7 Å². The second-order valence-corrected chi connectivity index (χ2v) is 7.03. The predicted octanol–water partition coefficient (Wildman–Crippen LogP) is 4.13. The average Bonchev–Trinajstić information content (AvgIpc) is 2.68. The Morgan fingerprint density at radius 3 is 2.52 bits per heavy atom. The Balaban J connectivity index is 1.58. The highest BCUT2D eigenvalue weighted by atomic mass is 32.1. The van der Waals surface area contributed by atoms with E-state index < -0.39 is 23.8 Å². The number of nitrogens with one attached hydrogen (secondary N) is 2. The van der Waals surface area contributed by atoms with E-state index in [2.05, 4.69) is 15.6 Å². The summed E-state index contributed by atoms with van der Waals surface area (Å²) in [6, 6.07) is 7.40. The molecule has 0 aliphatic carbocycles. The minimum absolute atomic E-state index is 0.0167. The first-order valence-electron chi connectivity index (χ1n) is 8.87. The topological polar surface area (TPSA) is 57.3 Å². The number of halogens is 4. The molecular formula is C19H18F4N4OS. The Morgan fingerprint density at radius 1 is 1.21 bits per heavy atom. The second-order valence-electron chi connectivity index (χ2n) is 6.62. The first kappa shape index (κ1) is 21.0. The van der Waals surface area contributed by atoms with Gasteiger partial charge >= 0.3 is 6.18 Å². The van der Waals surface area contributed by atoms with Crippen molar-refractivity contribution in [3.05, 3.63) is 54.1 Å². The zero-order chi connectivity index (χ0) is 21.0. The van der Waals surface area contributed by atoms with E-state index in [1.165, 1.54) is 24.5 Å². The van der Waals surface area contributed by atoms with Crippen LogP contribution in [-0.4, -0.2) is 35.3 Å². The summed E-state index contributed by atoms with van der Waals surface area (Å²) in [6.45, 7) is 0.265. The first-order chi connectivity index (χ1) is 13.7. The monoisotopic (exact) mass is 426 g/mol. The maximum absolute atomic E-state index is 14.5. The molecule has 154 valence electrons. The minimum atomic E-state index is -4.21. The van der Waals surface area contributed by atoms with Crippen molar-refractivity contribution >= 4 is 34.6 Å². The summed E-state index contributed by atoms with van der Waals surface area (Å²) in [5.41, 5.74) is 0.870. The van der Waals surface area contributed by atoms with Gasteiger partial charge in [-0.2, -0.15) is 13.2 Å². The molecule has 2 heterocycles. The summed E-state index contributed by atoms with van der Waals surface area (Å²) < 4.78 is 52.8. The number of aromatic nitrogens is 1. The van der Waals surface area contributed by atoms with Gasteiger partial charge in [0.05, 0.1) is 17.2 Å². The van der Waals surface area contributed by atoms with Gasteiger partial charge in [-0.3, -0.25) is 15.1 Å². The maximum Gasteiger partial charge on any atom is 0.391 e. The van der Waals surface area contributed by atoms with Crippen LogP contribution in [0.4, 0.5) is 28.9 Å². The molecule has 2 aromatic rings. The van der Waals surface area contributed by atoms with Gasteiger partial charge in [0.2, 0.25) is 0 Å². The summed E-state index contributed by atoms with van der Waals surface area (Å²) in [7, 11) is 0. The van der Waals surface area contributed by atoms with Gasteiger partial charge in [-0.1, -0.05) is 0 Å². The molecule has 0 spiro atoms. The fourth-order valence-electron chi connectivity index (χ4n) is 3.12. The number of hydrogen-bond donors (Lipinski definition) is 2. The minimum Gasteiger partial charge on any atom is -0.369 e. The summed E-state index contributed by atoms with van der Waals surface area (Å²) in [6.07, 6.45) is -1.42. The zero-order valence-corrected chi connectivity index (χ0v) is 16.0. The summed E-state index contributed by atoms with van der Waals surface area (Å²) in [4.78, 5) is 17.5. The number of thiocarbonyl (C=S) groups is 1. The van der Waals surface area contributed by atoms with Crippen LogP contribution in [-0.2, 0) is 0 Å². The number of benzene rings is 1. The molecule has 1 aromatic heterocycles. The number of pyridine rings is 1. The lowest BCUT2D eigenvalue weighted by Crippen LogP contribution is -2.39. The van der Waals surface area contributed by atoms with Crippen LogP contribution in [0.1, 0.15) is 23.2 Å². The standard InChI is InChI=1S/C19H18F4N4OS/c20-15-10-14(25-18(29)26-17(28)12-2-1-7-24-11-12)3-4-16(15)27-8-5-13(6-9-27)19(21,22)23/h1-4,7,10-11,13H,5-6,8-9H2,(H2,25,26,28,29). The third kappa shape index (κ3) is 5.41. The zero-order valence-electron chi connectivity index (χ0n) is 15.2. The highest BCUT2D eigenvalue weighted by Crippen LogP contribution is 2.36. The van der Waals surface area contributed by atoms with Crippen LogP contribution >= 0.6 is 12.2 Å². The lowest BCUT2D eigenvalue weighted by Gasteiger charge is -2.34. The van der Waals surface area contributed by atoms with Gasteiger partial charge in [0.1, 0.15) is 5.82 Å². The molecule has 1 saturated heterocycles. The van der Waals surface area contributed by atoms with E-state index in [1.54, 1.807) is 23.1 Å². The highest BCUT2D eigenvalue weighted by Gasteiger charge is 2.41. The van der Waals surface area contributed by atoms with E-state index in [0.717, 1.165) is 0 Å². The van der Waals surface area contributed by atoms with Crippen molar-refractivity contribution in [2.24, 2.45) is 5.92 Å². The number of carbonyl (C=O) groups excluding carboxylic acids is 1. The van der Waals surface area contributed by atoms with Crippen LogP contribution in [0.5, 0.6) is 0 Å². The fraction of sp³-hybridized carbons (Fsp3) is 0.316. The molecule has 0 radical (unpaired) electrons. The number of piperidine rings is 1. The third-order valence-electron chi connectivity index (χ3n) is 4.65. The molecule has 5 nitrogen and oxygen atoms in total. The Kier molecular flexibility index (Phi) is 6.31.